The lowest BCUT2D eigenvalue weighted by Gasteiger charge is -2.27. The van der Waals surface area contributed by atoms with Gasteiger partial charge in [-0.2, -0.15) is 15.1 Å². The van der Waals surface area contributed by atoms with Crippen LogP contribution in [0.1, 0.15) is 65.0 Å². The van der Waals surface area contributed by atoms with Gasteiger partial charge in [0.05, 0.1) is 18.9 Å². The maximum absolute atomic E-state index is 13.0. The molecule has 5 rings (SSSR count). The van der Waals surface area contributed by atoms with E-state index in [1.165, 1.54) is 15.8 Å². The third-order valence-corrected chi connectivity index (χ3v) is 7.70. The first-order chi connectivity index (χ1) is 19.6. The molecular weight excluding hydrogens is 560 g/mol. The van der Waals surface area contributed by atoms with Crippen LogP contribution in [0.3, 0.4) is 0 Å². The number of hydrogen-bond donors (Lipinski definition) is 3. The van der Waals surface area contributed by atoms with Gasteiger partial charge in [0, 0.05) is 19.1 Å². The Labute approximate surface area is 241 Å². The summed E-state index contributed by atoms with van der Waals surface area (Å²) in [4.78, 5) is 39.1. The van der Waals surface area contributed by atoms with E-state index in [1.807, 2.05) is 0 Å². The van der Waals surface area contributed by atoms with Crippen LogP contribution in [0, 0.1) is 5.92 Å². The molecule has 2 aliphatic carbocycles. The number of imidazole rings is 1. The molecule has 2 aromatic rings. The molecule has 15 heteroatoms. The predicted octanol–water partition coefficient (Wildman–Crippen LogP) is 2.40. The van der Waals surface area contributed by atoms with Gasteiger partial charge in [-0.15, -0.1) is 0 Å². The lowest BCUT2D eigenvalue weighted by molar-refractivity contribution is -0.154. The Morgan fingerprint density at radius 1 is 1.15 bits per heavy atom. The lowest BCUT2D eigenvalue weighted by atomic mass is 10.1. The highest BCUT2D eigenvalue weighted by Crippen LogP contribution is 2.35. The Bertz CT molecular complexity index is 1240. The number of hydrogen-bond acceptors (Lipinski definition) is 11. The molecule has 1 amide bonds. The number of ether oxygens (including phenoxy) is 3. The van der Waals surface area contributed by atoms with Crippen LogP contribution in [0.25, 0.3) is 11.2 Å². The van der Waals surface area contributed by atoms with E-state index in [9.17, 15) is 24.9 Å². The van der Waals surface area contributed by atoms with Crippen LogP contribution < -0.4 is 5.32 Å². The van der Waals surface area contributed by atoms with E-state index >= 15 is 0 Å². The first kappa shape index (κ1) is 29.7. The van der Waals surface area contributed by atoms with Gasteiger partial charge in [0.1, 0.15) is 18.3 Å². The second kappa shape index (κ2) is 12.6. The van der Waals surface area contributed by atoms with Crippen molar-refractivity contribution < 1.29 is 39.1 Å². The Balaban J connectivity index is 1.28. The van der Waals surface area contributed by atoms with Crippen molar-refractivity contribution in [3.63, 3.8) is 0 Å². The molecule has 0 bridgehead atoms. The van der Waals surface area contributed by atoms with Crippen LogP contribution in [0.4, 0.5) is 10.6 Å². The number of fused-ring (bicyclic) bond motifs is 1. The number of nitrogens with one attached hydrogen (secondary N) is 1. The minimum atomic E-state index is -1.95. The highest BCUT2D eigenvalue weighted by atomic mass is 35.5. The molecule has 3 aliphatic rings. The first-order valence-electron chi connectivity index (χ1n) is 14.1. The summed E-state index contributed by atoms with van der Waals surface area (Å²) in [6, 6.07) is 0.254. The molecule has 1 aliphatic heterocycles. The number of carbonyl (C=O) groups is 2. The van der Waals surface area contributed by atoms with Crippen molar-refractivity contribution in [2.45, 2.75) is 102 Å². The summed E-state index contributed by atoms with van der Waals surface area (Å²) in [6.07, 6.45) is -1.32. The monoisotopic (exact) mass is 595 g/mol. The molecular formula is C26H36ClN6O8. The fourth-order valence-electron chi connectivity index (χ4n) is 5.30. The van der Waals surface area contributed by atoms with E-state index in [4.69, 9.17) is 21.1 Å². The third-order valence-electron chi connectivity index (χ3n) is 7.53. The molecule has 5 atom stereocenters. The average Bonchev–Trinajstić information content (AvgIpc) is 3.25. The Morgan fingerprint density at radius 3 is 2.56 bits per heavy atom. The van der Waals surface area contributed by atoms with Crippen molar-refractivity contribution in [1.82, 2.24) is 24.4 Å². The highest BCUT2D eigenvalue weighted by Gasteiger charge is 2.46. The largest absolute Gasteiger partial charge is 0.510 e. The van der Waals surface area contributed by atoms with Crippen molar-refractivity contribution in [2.24, 2.45) is 5.92 Å². The molecule has 0 aromatic carbocycles. The number of aliphatic hydroxyl groups excluding tert-OH is 2. The number of rotatable bonds is 11. The molecule has 225 valence electrons. The topological polar surface area (TPSA) is 181 Å². The minimum absolute atomic E-state index is 0.00259. The van der Waals surface area contributed by atoms with E-state index in [0.717, 1.165) is 38.5 Å². The normalized spacial score (nSPS) is 25.5. The van der Waals surface area contributed by atoms with E-state index in [-0.39, 0.29) is 23.8 Å². The van der Waals surface area contributed by atoms with E-state index in [0.29, 0.717) is 23.5 Å². The average molecular weight is 596 g/mol. The van der Waals surface area contributed by atoms with Gasteiger partial charge in [-0.05, 0) is 57.0 Å². The van der Waals surface area contributed by atoms with Crippen LogP contribution in [0.15, 0.2) is 6.33 Å². The number of anilines is 1. The van der Waals surface area contributed by atoms with Gasteiger partial charge in [-0.25, -0.2) is 9.78 Å². The zero-order valence-corrected chi connectivity index (χ0v) is 23.8. The van der Waals surface area contributed by atoms with Crippen molar-refractivity contribution in [3.05, 3.63) is 11.6 Å². The number of aliphatic hydroxyl groups is 2. The van der Waals surface area contributed by atoms with E-state index in [1.54, 1.807) is 13.8 Å². The first-order valence-corrected chi connectivity index (χ1v) is 14.5. The fraction of sp³-hybridized carbons (Fsp3) is 0.731. The van der Waals surface area contributed by atoms with Gasteiger partial charge >= 0.3 is 6.16 Å². The zero-order chi connectivity index (χ0) is 29.3. The standard InChI is InChI=1S/C26H36ClN6O8/c1-13(2)39-26(38)41-18(35)9-17(34)32(10-14-7-8-14)11-16-20(36)21(37)24(40-16)33-12-28-19-22(29-15-5-3-4-6-15)30-25(27)31-23(19)33/h12-16,18,20-21,24,36-37H,3-11H2,1-2H3,(H,29,30,31)/t16-,18?,20-,21-,24-/m1/s1. The zero-order valence-electron chi connectivity index (χ0n) is 23.0. The molecule has 14 nitrogen and oxygen atoms in total. The summed E-state index contributed by atoms with van der Waals surface area (Å²) in [7, 11) is 0. The summed E-state index contributed by atoms with van der Waals surface area (Å²) >= 11 is 6.23. The van der Waals surface area contributed by atoms with Gasteiger partial charge in [-0.3, -0.25) is 9.36 Å². The molecule has 0 spiro atoms. The summed E-state index contributed by atoms with van der Waals surface area (Å²) in [6.45, 7) is 3.49. The molecule has 1 unspecified atom stereocenters. The molecule has 1 radical (unpaired) electrons. The van der Waals surface area contributed by atoms with Crippen LogP contribution in [-0.4, -0.2) is 96.5 Å². The second-order valence-electron chi connectivity index (χ2n) is 11.2. The smallest absolute Gasteiger partial charge is 0.432 e. The van der Waals surface area contributed by atoms with Crippen LogP contribution in [-0.2, 0) is 24.1 Å². The molecule has 41 heavy (non-hydrogen) atoms. The number of carbonyl (C=O) groups excluding carboxylic acids is 2. The van der Waals surface area contributed by atoms with Gasteiger partial charge in [0.2, 0.25) is 17.5 Å². The van der Waals surface area contributed by atoms with Gasteiger partial charge in [0.15, 0.2) is 23.2 Å². The molecule has 3 heterocycles. The van der Waals surface area contributed by atoms with E-state index < -0.39 is 55.4 Å². The fourth-order valence-corrected chi connectivity index (χ4v) is 5.46. The molecule has 3 fully saturated rings. The summed E-state index contributed by atoms with van der Waals surface area (Å²) < 4.78 is 17.0. The Kier molecular flexibility index (Phi) is 9.14. The molecule has 2 saturated carbocycles. The van der Waals surface area contributed by atoms with Gasteiger partial charge in [-0.1, -0.05) is 12.8 Å². The van der Waals surface area contributed by atoms with Gasteiger partial charge < -0.3 is 34.6 Å². The summed E-state index contributed by atoms with van der Waals surface area (Å²) in [5, 5.41) is 37.5. The molecule has 2 aromatic heterocycles. The quantitative estimate of drug-likeness (QED) is 0.197. The maximum Gasteiger partial charge on any atom is 0.510 e. The van der Waals surface area contributed by atoms with Crippen molar-refractivity contribution in [1.29, 1.82) is 0 Å². The SMILES string of the molecule is CC(C)OC(=O)OC([O])CC(=O)N(CC1CC1)C[C@H]1O[C@@H](n2cnc3c(NC4CCCC4)nc(Cl)nc32)[C@H](O)[C@@H]1O. The molecule has 1 saturated heterocycles. The van der Waals surface area contributed by atoms with E-state index in [2.05, 4.69) is 25.0 Å². The summed E-state index contributed by atoms with van der Waals surface area (Å²) in [5.74, 6) is 0.193. The third kappa shape index (κ3) is 7.17. The number of amides is 1. The predicted molar refractivity (Wildman–Crippen MR) is 143 cm³/mol. The number of halogens is 1. The number of aromatic nitrogens is 4. The van der Waals surface area contributed by atoms with Crippen LogP contribution in [0.5, 0.6) is 0 Å². The lowest BCUT2D eigenvalue weighted by Crippen LogP contribution is -2.44. The minimum Gasteiger partial charge on any atom is -0.432 e. The number of nitrogens with zero attached hydrogens (tertiary/aromatic N) is 5. The Morgan fingerprint density at radius 2 is 1.88 bits per heavy atom. The Hall–Kier alpha value is -2.78. The maximum atomic E-state index is 13.0. The highest BCUT2D eigenvalue weighted by molar-refractivity contribution is 6.28. The van der Waals surface area contributed by atoms with Crippen molar-refractivity contribution >= 4 is 40.6 Å². The van der Waals surface area contributed by atoms with Gasteiger partial charge in [0.25, 0.3) is 0 Å². The second-order valence-corrected chi connectivity index (χ2v) is 11.6. The van der Waals surface area contributed by atoms with Crippen LogP contribution in [0.2, 0.25) is 5.28 Å². The van der Waals surface area contributed by atoms with Crippen LogP contribution >= 0.6 is 11.6 Å². The summed E-state index contributed by atoms with van der Waals surface area (Å²) in [5.41, 5.74) is 0.783. The van der Waals surface area contributed by atoms with Crippen molar-refractivity contribution in [3.8, 4) is 0 Å². The molecule has 3 N–H and O–H groups in total. The van der Waals surface area contributed by atoms with Crippen molar-refractivity contribution in [2.75, 3.05) is 18.4 Å².